The Balaban J connectivity index is 1.86. The SMILES string of the molecule is O=C(NC1(C(=O)O)CC1)c1cccc2c1OCCO2. The maximum absolute atomic E-state index is 12.2. The van der Waals surface area contributed by atoms with E-state index in [4.69, 9.17) is 14.6 Å². The predicted molar refractivity (Wildman–Crippen MR) is 64.5 cm³/mol. The molecule has 1 amide bonds. The quantitative estimate of drug-likeness (QED) is 0.842. The number of hydrogen-bond acceptors (Lipinski definition) is 4. The van der Waals surface area contributed by atoms with E-state index < -0.39 is 17.4 Å². The van der Waals surface area contributed by atoms with E-state index in [1.807, 2.05) is 0 Å². The van der Waals surface area contributed by atoms with Crippen molar-refractivity contribution in [2.75, 3.05) is 13.2 Å². The van der Waals surface area contributed by atoms with Crippen LogP contribution in [0.1, 0.15) is 23.2 Å². The first kappa shape index (κ1) is 11.8. The van der Waals surface area contributed by atoms with E-state index >= 15 is 0 Å². The summed E-state index contributed by atoms with van der Waals surface area (Å²) in [6.45, 7) is 0.818. The smallest absolute Gasteiger partial charge is 0.329 e. The van der Waals surface area contributed by atoms with Gasteiger partial charge in [-0.05, 0) is 25.0 Å². The number of benzene rings is 1. The molecule has 0 atom stereocenters. The molecule has 1 fully saturated rings. The van der Waals surface area contributed by atoms with Crippen molar-refractivity contribution in [3.8, 4) is 11.5 Å². The Morgan fingerprint density at radius 2 is 1.95 bits per heavy atom. The van der Waals surface area contributed by atoms with Crippen LogP contribution in [0, 0.1) is 0 Å². The minimum absolute atomic E-state index is 0.310. The fourth-order valence-electron chi connectivity index (χ4n) is 2.05. The van der Waals surface area contributed by atoms with E-state index in [0.717, 1.165) is 0 Å². The summed E-state index contributed by atoms with van der Waals surface area (Å²) in [5.74, 6) is -0.545. The highest BCUT2D eigenvalue weighted by molar-refractivity contribution is 6.01. The highest BCUT2D eigenvalue weighted by Gasteiger charge is 2.52. The Morgan fingerprint density at radius 1 is 1.21 bits per heavy atom. The molecule has 1 aromatic carbocycles. The van der Waals surface area contributed by atoms with Gasteiger partial charge < -0.3 is 19.9 Å². The summed E-state index contributed by atoms with van der Waals surface area (Å²) in [6, 6.07) is 5.00. The molecule has 0 radical (unpaired) electrons. The lowest BCUT2D eigenvalue weighted by Gasteiger charge is -2.21. The number of carboxylic acids is 1. The number of aliphatic carboxylic acids is 1. The number of fused-ring (bicyclic) bond motifs is 1. The zero-order chi connectivity index (χ0) is 13.5. The maximum atomic E-state index is 12.2. The van der Waals surface area contributed by atoms with Crippen LogP contribution < -0.4 is 14.8 Å². The van der Waals surface area contributed by atoms with E-state index in [1.54, 1.807) is 18.2 Å². The molecule has 3 rings (SSSR count). The lowest BCUT2D eigenvalue weighted by atomic mass is 10.1. The van der Waals surface area contributed by atoms with Gasteiger partial charge in [-0.25, -0.2) is 4.79 Å². The van der Waals surface area contributed by atoms with Gasteiger partial charge in [0.05, 0.1) is 5.56 Å². The van der Waals surface area contributed by atoms with Gasteiger partial charge in [-0.2, -0.15) is 0 Å². The first-order valence-corrected chi connectivity index (χ1v) is 6.07. The molecular weight excluding hydrogens is 250 g/mol. The molecule has 0 spiro atoms. The molecule has 1 aliphatic carbocycles. The molecule has 2 N–H and O–H groups in total. The number of carbonyl (C=O) groups is 2. The van der Waals surface area contributed by atoms with Gasteiger partial charge in [0, 0.05) is 0 Å². The summed E-state index contributed by atoms with van der Waals surface area (Å²) in [5, 5.41) is 11.6. The molecule has 0 aromatic heterocycles. The van der Waals surface area contributed by atoms with Crippen LogP contribution in [0.2, 0.25) is 0 Å². The maximum Gasteiger partial charge on any atom is 0.329 e. The second-order valence-electron chi connectivity index (χ2n) is 4.67. The van der Waals surface area contributed by atoms with Crippen molar-refractivity contribution >= 4 is 11.9 Å². The topological polar surface area (TPSA) is 84.9 Å². The van der Waals surface area contributed by atoms with E-state index in [0.29, 0.717) is 43.1 Å². The van der Waals surface area contributed by atoms with Gasteiger partial charge in [0.2, 0.25) is 0 Å². The second kappa shape index (κ2) is 4.15. The zero-order valence-corrected chi connectivity index (χ0v) is 10.1. The van der Waals surface area contributed by atoms with Crippen molar-refractivity contribution in [3.05, 3.63) is 23.8 Å². The molecule has 0 unspecified atom stereocenters. The third-order valence-electron chi connectivity index (χ3n) is 3.32. The molecule has 1 heterocycles. The Hall–Kier alpha value is -2.24. The fourth-order valence-corrected chi connectivity index (χ4v) is 2.05. The highest BCUT2D eigenvalue weighted by Crippen LogP contribution is 2.38. The second-order valence-corrected chi connectivity index (χ2v) is 4.67. The molecule has 2 aliphatic rings. The summed E-state index contributed by atoms with van der Waals surface area (Å²) >= 11 is 0. The summed E-state index contributed by atoms with van der Waals surface area (Å²) in [7, 11) is 0. The summed E-state index contributed by atoms with van der Waals surface area (Å²) < 4.78 is 10.8. The predicted octanol–water partition coefficient (Wildman–Crippen LogP) is 0.805. The van der Waals surface area contributed by atoms with Gasteiger partial charge in [-0.1, -0.05) is 6.07 Å². The summed E-state index contributed by atoms with van der Waals surface area (Å²) in [4.78, 5) is 23.2. The molecule has 1 aliphatic heterocycles. The number of ether oxygens (including phenoxy) is 2. The third kappa shape index (κ3) is 1.99. The van der Waals surface area contributed by atoms with Crippen molar-refractivity contribution < 1.29 is 24.2 Å². The zero-order valence-electron chi connectivity index (χ0n) is 10.1. The van der Waals surface area contributed by atoms with Crippen LogP contribution in [-0.4, -0.2) is 35.7 Å². The standard InChI is InChI=1S/C13H13NO5/c15-11(14-13(4-5-13)12(16)17)8-2-1-3-9-10(8)19-7-6-18-9/h1-3H,4-7H2,(H,14,15)(H,16,17). The molecule has 1 saturated carbocycles. The number of carbonyl (C=O) groups excluding carboxylic acids is 1. The highest BCUT2D eigenvalue weighted by atomic mass is 16.6. The minimum atomic E-state index is -1.10. The Kier molecular flexibility index (Phi) is 2.58. The minimum Gasteiger partial charge on any atom is -0.486 e. The van der Waals surface area contributed by atoms with Crippen LogP contribution in [0.4, 0.5) is 0 Å². The van der Waals surface area contributed by atoms with Crippen LogP contribution in [0.25, 0.3) is 0 Å². The van der Waals surface area contributed by atoms with Crippen molar-refractivity contribution in [2.24, 2.45) is 0 Å². The van der Waals surface area contributed by atoms with Crippen molar-refractivity contribution in [1.82, 2.24) is 5.32 Å². The molecule has 100 valence electrons. The normalized spacial score (nSPS) is 18.5. The van der Waals surface area contributed by atoms with Gasteiger partial charge in [-0.15, -0.1) is 0 Å². The first-order valence-electron chi connectivity index (χ1n) is 6.07. The van der Waals surface area contributed by atoms with Gasteiger partial charge >= 0.3 is 5.97 Å². The monoisotopic (exact) mass is 263 g/mol. The first-order chi connectivity index (χ1) is 9.12. The number of carboxylic acid groups (broad SMARTS) is 1. The van der Waals surface area contributed by atoms with Crippen molar-refractivity contribution in [1.29, 1.82) is 0 Å². The molecule has 0 bridgehead atoms. The molecule has 6 nitrogen and oxygen atoms in total. The third-order valence-corrected chi connectivity index (χ3v) is 3.32. The summed E-state index contributed by atoms with van der Waals surface area (Å²) in [6.07, 6.45) is 0.918. The average Bonchev–Trinajstić information content (AvgIpc) is 3.19. The number of amides is 1. The van der Waals surface area contributed by atoms with Gasteiger partial charge in [0.1, 0.15) is 18.8 Å². The van der Waals surface area contributed by atoms with E-state index in [-0.39, 0.29) is 0 Å². The fraction of sp³-hybridized carbons (Fsp3) is 0.385. The lowest BCUT2D eigenvalue weighted by Crippen LogP contribution is -2.43. The van der Waals surface area contributed by atoms with Crippen LogP contribution in [0.15, 0.2) is 18.2 Å². The van der Waals surface area contributed by atoms with E-state index in [9.17, 15) is 9.59 Å². The molecule has 19 heavy (non-hydrogen) atoms. The molecule has 1 aromatic rings. The molecule has 0 saturated heterocycles. The largest absolute Gasteiger partial charge is 0.486 e. The Labute approximate surface area is 109 Å². The number of para-hydroxylation sites is 1. The van der Waals surface area contributed by atoms with Crippen LogP contribution in [0.5, 0.6) is 11.5 Å². The van der Waals surface area contributed by atoms with Crippen molar-refractivity contribution in [3.63, 3.8) is 0 Å². The number of hydrogen-bond donors (Lipinski definition) is 2. The number of nitrogens with one attached hydrogen (secondary N) is 1. The molecular formula is C13H13NO5. The van der Waals surface area contributed by atoms with Gasteiger partial charge in [0.25, 0.3) is 5.91 Å². The Morgan fingerprint density at radius 3 is 2.63 bits per heavy atom. The Bertz CT molecular complexity index is 550. The van der Waals surface area contributed by atoms with Crippen molar-refractivity contribution in [2.45, 2.75) is 18.4 Å². The van der Waals surface area contributed by atoms with Crippen LogP contribution in [-0.2, 0) is 4.79 Å². The number of rotatable bonds is 3. The lowest BCUT2D eigenvalue weighted by molar-refractivity contribution is -0.140. The van der Waals surface area contributed by atoms with Crippen LogP contribution in [0.3, 0.4) is 0 Å². The van der Waals surface area contributed by atoms with Gasteiger partial charge in [0.15, 0.2) is 11.5 Å². The summed E-state index contributed by atoms with van der Waals surface area (Å²) in [5.41, 5.74) is -0.792. The average molecular weight is 263 g/mol. The van der Waals surface area contributed by atoms with E-state index in [2.05, 4.69) is 5.32 Å². The van der Waals surface area contributed by atoms with Gasteiger partial charge in [-0.3, -0.25) is 4.79 Å². The van der Waals surface area contributed by atoms with E-state index in [1.165, 1.54) is 0 Å². The molecule has 6 heteroatoms. The van der Waals surface area contributed by atoms with Crippen LogP contribution >= 0.6 is 0 Å².